The van der Waals surface area contributed by atoms with E-state index in [-0.39, 0.29) is 0 Å². The van der Waals surface area contributed by atoms with Gasteiger partial charge in [0, 0.05) is 30.4 Å². The quantitative estimate of drug-likeness (QED) is 0.577. The molecule has 0 aliphatic heterocycles. The van der Waals surface area contributed by atoms with Gasteiger partial charge in [0.05, 0.1) is 17.6 Å². The Labute approximate surface area is 132 Å². The number of fused-ring (bicyclic) bond motifs is 1. The average Bonchev–Trinajstić information content (AvgIpc) is 2.79. The number of hydrogen-bond acceptors (Lipinski definition) is 3. The molecule has 0 aliphatic carbocycles. The van der Waals surface area contributed by atoms with E-state index in [1.807, 2.05) is 23.6 Å². The number of imidazole rings is 1. The molecule has 0 saturated heterocycles. The molecule has 0 radical (unpaired) electrons. The van der Waals surface area contributed by atoms with Crippen molar-refractivity contribution in [1.29, 1.82) is 0 Å². The first-order valence-corrected chi connectivity index (χ1v) is 7.35. The minimum absolute atomic E-state index is 0.457. The molecule has 0 unspecified atom stereocenters. The summed E-state index contributed by atoms with van der Waals surface area (Å²) >= 11 is 0. The van der Waals surface area contributed by atoms with Crippen molar-refractivity contribution < 1.29 is 13.5 Å². The van der Waals surface area contributed by atoms with Gasteiger partial charge < -0.3 is 15.0 Å². The monoisotopic (exact) mass is 317 g/mol. The largest absolute Gasteiger partial charge is 0.493 e. The van der Waals surface area contributed by atoms with Crippen molar-refractivity contribution in [3.05, 3.63) is 53.9 Å². The predicted molar refractivity (Wildman–Crippen MR) is 85.4 cm³/mol. The number of nitrogens with zero attached hydrogens (tertiary/aromatic N) is 2. The Hall–Kier alpha value is -2.63. The maximum Gasteiger partial charge on any atom is 0.161 e. The van der Waals surface area contributed by atoms with E-state index in [4.69, 9.17) is 10.5 Å². The van der Waals surface area contributed by atoms with Crippen LogP contribution in [0.2, 0.25) is 0 Å². The van der Waals surface area contributed by atoms with Gasteiger partial charge in [-0.05, 0) is 25.5 Å². The molecule has 0 amide bonds. The summed E-state index contributed by atoms with van der Waals surface area (Å²) in [5.41, 5.74) is 7.38. The highest BCUT2D eigenvalue weighted by atomic mass is 19.2. The van der Waals surface area contributed by atoms with Crippen LogP contribution in [-0.4, -0.2) is 16.2 Å². The molecular formula is C17H17F2N3O. The fourth-order valence-electron chi connectivity index (χ4n) is 2.54. The number of benzene rings is 2. The number of nitrogens with two attached hydrogens (primary N) is 1. The molecule has 0 atom stereocenters. The van der Waals surface area contributed by atoms with Gasteiger partial charge in [0.1, 0.15) is 11.6 Å². The average molecular weight is 317 g/mol. The van der Waals surface area contributed by atoms with Crippen molar-refractivity contribution in [2.75, 3.05) is 12.3 Å². The second kappa shape index (κ2) is 6.24. The summed E-state index contributed by atoms with van der Waals surface area (Å²) < 4.78 is 34.2. The summed E-state index contributed by atoms with van der Waals surface area (Å²) in [4.78, 5) is 4.26. The lowest BCUT2D eigenvalue weighted by Crippen LogP contribution is -2.06. The van der Waals surface area contributed by atoms with Crippen molar-refractivity contribution in [3.63, 3.8) is 0 Å². The van der Waals surface area contributed by atoms with Crippen LogP contribution in [0, 0.1) is 18.6 Å². The SMILES string of the molecule is Cc1nc2cc(F)c(F)cc2n1CCCOc1cccc(N)c1. The third-order valence-corrected chi connectivity index (χ3v) is 3.63. The molecule has 3 rings (SSSR count). The van der Waals surface area contributed by atoms with Crippen LogP contribution in [0.15, 0.2) is 36.4 Å². The van der Waals surface area contributed by atoms with Gasteiger partial charge in [-0.1, -0.05) is 6.07 Å². The molecule has 23 heavy (non-hydrogen) atoms. The van der Waals surface area contributed by atoms with Crippen LogP contribution >= 0.6 is 0 Å². The van der Waals surface area contributed by atoms with E-state index in [9.17, 15) is 8.78 Å². The number of hydrogen-bond donors (Lipinski definition) is 1. The minimum Gasteiger partial charge on any atom is -0.493 e. The van der Waals surface area contributed by atoms with Crippen molar-refractivity contribution in [2.45, 2.75) is 19.9 Å². The summed E-state index contributed by atoms with van der Waals surface area (Å²) in [5.74, 6) is -0.318. The number of ether oxygens (including phenoxy) is 1. The topological polar surface area (TPSA) is 53.1 Å². The van der Waals surface area contributed by atoms with Gasteiger partial charge in [-0.3, -0.25) is 0 Å². The van der Waals surface area contributed by atoms with Gasteiger partial charge in [0.15, 0.2) is 11.6 Å². The van der Waals surface area contributed by atoms with E-state index < -0.39 is 11.6 Å². The lowest BCUT2D eigenvalue weighted by Gasteiger charge is -2.09. The van der Waals surface area contributed by atoms with Crippen molar-refractivity contribution >= 4 is 16.7 Å². The molecule has 3 aromatic rings. The van der Waals surface area contributed by atoms with Gasteiger partial charge in [0.2, 0.25) is 0 Å². The van der Waals surface area contributed by atoms with E-state index in [0.29, 0.717) is 47.9 Å². The summed E-state index contributed by atoms with van der Waals surface area (Å²) in [6.07, 6.45) is 0.708. The van der Waals surface area contributed by atoms with Crippen molar-refractivity contribution in [3.8, 4) is 5.75 Å². The van der Waals surface area contributed by atoms with Gasteiger partial charge in [0.25, 0.3) is 0 Å². The van der Waals surface area contributed by atoms with Gasteiger partial charge in [-0.2, -0.15) is 0 Å². The molecule has 1 aromatic heterocycles. The van der Waals surface area contributed by atoms with E-state index >= 15 is 0 Å². The number of aromatic nitrogens is 2. The molecule has 4 nitrogen and oxygen atoms in total. The fourth-order valence-corrected chi connectivity index (χ4v) is 2.54. The molecule has 0 spiro atoms. The molecule has 2 aromatic carbocycles. The number of nitrogen functional groups attached to an aromatic ring is 1. The zero-order valence-corrected chi connectivity index (χ0v) is 12.7. The van der Waals surface area contributed by atoms with Crippen LogP contribution in [0.1, 0.15) is 12.2 Å². The Kier molecular flexibility index (Phi) is 4.14. The molecule has 120 valence electrons. The number of rotatable bonds is 5. The standard InChI is InChI=1S/C17H17F2N3O/c1-11-21-16-9-14(18)15(19)10-17(16)22(11)6-3-7-23-13-5-2-4-12(20)8-13/h2,4-5,8-10H,3,6-7,20H2,1H3. The molecule has 1 heterocycles. The first-order chi connectivity index (χ1) is 11.0. The van der Waals surface area contributed by atoms with Crippen molar-refractivity contribution in [2.24, 2.45) is 0 Å². The molecular weight excluding hydrogens is 300 g/mol. The Morgan fingerprint density at radius 3 is 2.74 bits per heavy atom. The van der Waals surface area contributed by atoms with Crippen LogP contribution in [0.4, 0.5) is 14.5 Å². The van der Waals surface area contributed by atoms with E-state index in [0.717, 1.165) is 6.07 Å². The highest BCUT2D eigenvalue weighted by molar-refractivity contribution is 5.76. The highest BCUT2D eigenvalue weighted by Crippen LogP contribution is 2.20. The molecule has 0 saturated carbocycles. The first-order valence-electron chi connectivity index (χ1n) is 7.35. The molecule has 0 aliphatic rings. The lowest BCUT2D eigenvalue weighted by molar-refractivity contribution is 0.302. The summed E-state index contributed by atoms with van der Waals surface area (Å²) in [6, 6.07) is 9.53. The maximum absolute atomic E-state index is 13.4. The van der Waals surface area contributed by atoms with Crippen molar-refractivity contribution in [1.82, 2.24) is 9.55 Å². The number of anilines is 1. The third-order valence-electron chi connectivity index (χ3n) is 3.63. The minimum atomic E-state index is -0.882. The Morgan fingerprint density at radius 1 is 1.17 bits per heavy atom. The van der Waals surface area contributed by atoms with Gasteiger partial charge >= 0.3 is 0 Å². The normalized spacial score (nSPS) is 11.1. The number of aryl methyl sites for hydroxylation is 2. The fraction of sp³-hybridized carbons (Fsp3) is 0.235. The second-order valence-electron chi connectivity index (χ2n) is 5.34. The Bertz CT molecular complexity index is 845. The summed E-state index contributed by atoms with van der Waals surface area (Å²) in [7, 11) is 0. The van der Waals surface area contributed by atoms with Crippen LogP contribution in [0.5, 0.6) is 5.75 Å². The van der Waals surface area contributed by atoms with Crippen LogP contribution < -0.4 is 10.5 Å². The molecule has 0 fully saturated rings. The smallest absolute Gasteiger partial charge is 0.161 e. The van der Waals surface area contributed by atoms with Gasteiger partial charge in [-0.25, -0.2) is 13.8 Å². The molecule has 0 bridgehead atoms. The van der Waals surface area contributed by atoms with Crippen LogP contribution in [-0.2, 0) is 6.54 Å². The van der Waals surface area contributed by atoms with Crippen LogP contribution in [0.3, 0.4) is 0 Å². The zero-order valence-electron chi connectivity index (χ0n) is 12.7. The third kappa shape index (κ3) is 3.26. The first kappa shape index (κ1) is 15.3. The molecule has 2 N–H and O–H groups in total. The van der Waals surface area contributed by atoms with E-state index in [1.54, 1.807) is 12.1 Å². The maximum atomic E-state index is 13.4. The Balaban J connectivity index is 1.67. The lowest BCUT2D eigenvalue weighted by atomic mass is 10.3. The second-order valence-corrected chi connectivity index (χ2v) is 5.34. The number of halogens is 2. The van der Waals surface area contributed by atoms with Gasteiger partial charge in [-0.15, -0.1) is 0 Å². The predicted octanol–water partition coefficient (Wildman–Crippen LogP) is 3.67. The highest BCUT2D eigenvalue weighted by Gasteiger charge is 2.11. The van der Waals surface area contributed by atoms with Crippen LogP contribution in [0.25, 0.3) is 11.0 Å². The van der Waals surface area contributed by atoms with E-state index in [2.05, 4.69) is 4.98 Å². The Morgan fingerprint density at radius 2 is 1.96 bits per heavy atom. The summed E-state index contributed by atoms with van der Waals surface area (Å²) in [6.45, 7) is 2.91. The zero-order chi connectivity index (χ0) is 16.4. The summed E-state index contributed by atoms with van der Waals surface area (Å²) in [5, 5.41) is 0. The molecule has 6 heteroatoms. The van der Waals surface area contributed by atoms with E-state index in [1.165, 1.54) is 6.07 Å².